The molecule has 1 heterocycles. The molecule has 0 radical (unpaired) electrons. The fraction of sp³-hybridized carbons (Fsp3) is 0.833. The largest absolute Gasteiger partial charge is 0.327 e. The lowest BCUT2D eigenvalue weighted by molar-refractivity contribution is -0.133. The molecule has 4 nitrogen and oxygen atoms in total. The van der Waals surface area contributed by atoms with Gasteiger partial charge in [-0.15, -0.1) is 0 Å². The van der Waals surface area contributed by atoms with Gasteiger partial charge < -0.3 is 4.90 Å². The number of imide groups is 1. The highest BCUT2D eigenvalue weighted by Gasteiger charge is 2.43. The number of carbonyl (C=O) groups is 2. The summed E-state index contributed by atoms with van der Waals surface area (Å²) < 4.78 is 0. The molecule has 1 saturated heterocycles. The van der Waals surface area contributed by atoms with Crippen molar-refractivity contribution in [3.63, 3.8) is 0 Å². The zero-order valence-corrected chi connectivity index (χ0v) is 9.52. The van der Waals surface area contributed by atoms with Crippen molar-refractivity contribution in [2.75, 3.05) is 6.54 Å². The first-order valence-electron chi connectivity index (χ1n) is 6.40. The van der Waals surface area contributed by atoms with Crippen LogP contribution in [0.25, 0.3) is 0 Å². The van der Waals surface area contributed by atoms with E-state index in [1.807, 2.05) is 4.90 Å². The molecule has 0 aromatic carbocycles. The van der Waals surface area contributed by atoms with Gasteiger partial charge >= 0.3 is 6.03 Å². The Bertz CT molecular complexity index is 319. The number of carbonyl (C=O) groups excluding carboxylic acids is 2. The Kier molecular flexibility index (Phi) is 2.37. The maximum absolute atomic E-state index is 12.2. The van der Waals surface area contributed by atoms with E-state index in [1.54, 1.807) is 4.90 Å². The predicted molar refractivity (Wildman–Crippen MR) is 58.8 cm³/mol. The Hall–Kier alpha value is -1.06. The molecule has 4 heteroatoms. The van der Waals surface area contributed by atoms with Crippen molar-refractivity contribution in [3.8, 4) is 0 Å². The number of urea groups is 1. The van der Waals surface area contributed by atoms with E-state index >= 15 is 0 Å². The number of amides is 3. The van der Waals surface area contributed by atoms with Gasteiger partial charge in [-0.05, 0) is 25.7 Å². The Balaban J connectivity index is 1.77. The fourth-order valence-electron chi connectivity index (χ4n) is 2.92. The molecule has 0 N–H and O–H groups in total. The van der Waals surface area contributed by atoms with Crippen molar-refractivity contribution in [1.29, 1.82) is 0 Å². The van der Waals surface area contributed by atoms with Crippen LogP contribution < -0.4 is 0 Å². The van der Waals surface area contributed by atoms with Crippen molar-refractivity contribution in [3.05, 3.63) is 0 Å². The van der Waals surface area contributed by atoms with E-state index in [-0.39, 0.29) is 18.0 Å². The molecule has 0 atom stereocenters. The first kappa shape index (κ1) is 10.1. The monoisotopic (exact) mass is 222 g/mol. The van der Waals surface area contributed by atoms with E-state index in [0.717, 1.165) is 38.5 Å². The second-order valence-electron chi connectivity index (χ2n) is 5.16. The summed E-state index contributed by atoms with van der Waals surface area (Å²) in [7, 11) is 0. The third-order valence-electron chi connectivity index (χ3n) is 3.96. The minimum absolute atomic E-state index is 0.00866. The Morgan fingerprint density at radius 2 is 1.62 bits per heavy atom. The van der Waals surface area contributed by atoms with Crippen LogP contribution in [0, 0.1) is 0 Å². The van der Waals surface area contributed by atoms with E-state index in [9.17, 15) is 9.59 Å². The average Bonchev–Trinajstić information content (AvgIpc) is 2.95. The lowest BCUT2D eigenvalue weighted by atomic mass is 10.1. The van der Waals surface area contributed by atoms with Gasteiger partial charge in [0.2, 0.25) is 5.91 Å². The van der Waals surface area contributed by atoms with Gasteiger partial charge in [0.05, 0.1) is 0 Å². The molecule has 0 unspecified atom stereocenters. The Morgan fingerprint density at radius 1 is 0.938 bits per heavy atom. The maximum Gasteiger partial charge on any atom is 0.327 e. The summed E-state index contributed by atoms with van der Waals surface area (Å²) in [6.07, 6.45) is 7.11. The summed E-state index contributed by atoms with van der Waals surface area (Å²) in [4.78, 5) is 27.6. The van der Waals surface area contributed by atoms with Crippen LogP contribution >= 0.6 is 0 Å². The average molecular weight is 222 g/mol. The molecule has 0 bridgehead atoms. The Morgan fingerprint density at radius 3 is 2.25 bits per heavy atom. The number of rotatable bonds is 2. The van der Waals surface area contributed by atoms with Gasteiger partial charge in [0.15, 0.2) is 0 Å². The summed E-state index contributed by atoms with van der Waals surface area (Å²) in [5, 5.41) is 0. The van der Waals surface area contributed by atoms with Crippen LogP contribution in [0.3, 0.4) is 0 Å². The van der Waals surface area contributed by atoms with Gasteiger partial charge in [-0.3, -0.25) is 9.69 Å². The van der Waals surface area contributed by atoms with Crippen molar-refractivity contribution in [2.45, 2.75) is 57.0 Å². The van der Waals surface area contributed by atoms with Crippen LogP contribution in [0.1, 0.15) is 44.9 Å². The van der Waals surface area contributed by atoms with E-state index in [0.29, 0.717) is 19.0 Å². The minimum atomic E-state index is -0.00866. The predicted octanol–water partition coefficient (Wildman–Crippen LogP) is 1.75. The molecule has 88 valence electrons. The fourth-order valence-corrected chi connectivity index (χ4v) is 2.92. The second kappa shape index (κ2) is 3.75. The second-order valence-corrected chi connectivity index (χ2v) is 5.16. The summed E-state index contributed by atoms with van der Waals surface area (Å²) in [6.45, 7) is 0.644. The quantitative estimate of drug-likeness (QED) is 0.714. The molecule has 1 aliphatic heterocycles. The van der Waals surface area contributed by atoms with Crippen molar-refractivity contribution in [2.24, 2.45) is 0 Å². The van der Waals surface area contributed by atoms with Crippen LogP contribution in [-0.2, 0) is 4.79 Å². The zero-order valence-electron chi connectivity index (χ0n) is 9.52. The molecule has 0 aromatic heterocycles. The van der Waals surface area contributed by atoms with Crippen LogP contribution in [-0.4, -0.2) is 40.4 Å². The van der Waals surface area contributed by atoms with Crippen molar-refractivity contribution < 1.29 is 9.59 Å². The molecular formula is C12H18N2O2. The third-order valence-corrected chi connectivity index (χ3v) is 3.96. The highest BCUT2D eigenvalue weighted by atomic mass is 16.2. The lowest BCUT2D eigenvalue weighted by Gasteiger charge is -2.37. The van der Waals surface area contributed by atoms with Gasteiger partial charge in [-0.2, -0.15) is 0 Å². The van der Waals surface area contributed by atoms with Crippen molar-refractivity contribution in [1.82, 2.24) is 9.80 Å². The number of hydrogen-bond donors (Lipinski definition) is 0. The topological polar surface area (TPSA) is 40.6 Å². The standard InChI is InChI=1S/C12H18N2O2/c15-11-7-8-13(9-5-6-9)12(16)14(11)10-3-1-2-4-10/h9-10H,1-8H2. The molecule has 3 aliphatic rings. The van der Waals surface area contributed by atoms with E-state index < -0.39 is 0 Å². The van der Waals surface area contributed by atoms with Gasteiger partial charge in [-0.25, -0.2) is 4.79 Å². The molecule has 3 amide bonds. The van der Waals surface area contributed by atoms with Crippen molar-refractivity contribution >= 4 is 11.9 Å². The molecule has 2 aliphatic carbocycles. The highest BCUT2D eigenvalue weighted by molar-refractivity contribution is 5.97. The van der Waals surface area contributed by atoms with Crippen LogP contribution in [0.5, 0.6) is 0 Å². The molecule has 0 aromatic rings. The van der Waals surface area contributed by atoms with Crippen LogP contribution in [0.2, 0.25) is 0 Å². The zero-order chi connectivity index (χ0) is 11.1. The van der Waals surface area contributed by atoms with E-state index in [2.05, 4.69) is 0 Å². The SMILES string of the molecule is O=C1CCN(C2CC2)C(=O)N1C1CCCC1. The molecule has 2 saturated carbocycles. The highest BCUT2D eigenvalue weighted by Crippen LogP contribution is 2.33. The van der Waals surface area contributed by atoms with Crippen LogP contribution in [0.4, 0.5) is 4.79 Å². The maximum atomic E-state index is 12.2. The number of hydrogen-bond acceptors (Lipinski definition) is 2. The number of nitrogens with zero attached hydrogens (tertiary/aromatic N) is 2. The summed E-state index contributed by atoms with van der Waals surface area (Å²) in [5.74, 6) is 0.0498. The summed E-state index contributed by atoms with van der Waals surface area (Å²) >= 11 is 0. The summed E-state index contributed by atoms with van der Waals surface area (Å²) in [5.41, 5.74) is 0. The molecule has 0 spiro atoms. The van der Waals surface area contributed by atoms with Gasteiger partial charge in [0.25, 0.3) is 0 Å². The minimum Gasteiger partial charge on any atom is -0.321 e. The van der Waals surface area contributed by atoms with E-state index in [1.165, 1.54) is 0 Å². The Labute approximate surface area is 95.6 Å². The smallest absolute Gasteiger partial charge is 0.321 e. The van der Waals surface area contributed by atoms with Gasteiger partial charge in [0.1, 0.15) is 0 Å². The van der Waals surface area contributed by atoms with E-state index in [4.69, 9.17) is 0 Å². The normalized spacial score (nSPS) is 28.0. The molecule has 16 heavy (non-hydrogen) atoms. The lowest BCUT2D eigenvalue weighted by Crippen LogP contribution is -2.56. The van der Waals surface area contributed by atoms with Gasteiger partial charge in [-0.1, -0.05) is 12.8 Å². The summed E-state index contributed by atoms with van der Waals surface area (Å²) in [6, 6.07) is 0.622. The first-order valence-corrected chi connectivity index (χ1v) is 6.40. The molecular weight excluding hydrogens is 204 g/mol. The van der Waals surface area contributed by atoms with Crippen LogP contribution in [0.15, 0.2) is 0 Å². The van der Waals surface area contributed by atoms with Gasteiger partial charge in [0, 0.05) is 25.0 Å². The molecule has 3 rings (SSSR count). The molecule has 3 fully saturated rings. The third kappa shape index (κ3) is 1.60. The first-order chi connectivity index (χ1) is 7.77.